The normalized spacial score (nSPS) is 11.6. The maximum absolute atomic E-state index is 6.09. The molecule has 4 heteroatoms. The second-order valence-electron chi connectivity index (χ2n) is 5.13. The minimum atomic E-state index is -0.124. The van der Waals surface area contributed by atoms with Crippen LogP contribution in [0, 0.1) is 0 Å². The van der Waals surface area contributed by atoms with E-state index in [2.05, 4.69) is 46.7 Å². The molecule has 1 heterocycles. The summed E-state index contributed by atoms with van der Waals surface area (Å²) in [6, 6.07) is 9.74. The summed E-state index contributed by atoms with van der Waals surface area (Å²) in [4.78, 5) is 8.91. The Hall–Kier alpha value is -0.930. The molecule has 0 N–H and O–H groups in total. The van der Waals surface area contributed by atoms with Crippen LogP contribution in [0.2, 0.25) is 5.15 Å². The van der Waals surface area contributed by atoms with Crippen LogP contribution in [0.3, 0.4) is 0 Å². The molecule has 0 saturated carbocycles. The lowest BCUT2D eigenvalue weighted by Gasteiger charge is -2.17. The van der Waals surface area contributed by atoms with Crippen molar-refractivity contribution in [3.63, 3.8) is 0 Å². The summed E-state index contributed by atoms with van der Waals surface area (Å²) in [5.74, 6) is 0.751. The molecule has 0 radical (unpaired) electrons. The molecule has 0 amide bonds. The van der Waals surface area contributed by atoms with E-state index in [0.29, 0.717) is 5.15 Å². The molecule has 0 spiro atoms. The Kier molecular flexibility index (Phi) is 3.74. The maximum Gasteiger partial charge on any atom is 0.136 e. The molecule has 0 aliphatic heterocycles. The highest BCUT2D eigenvalue weighted by Gasteiger charge is 2.19. The minimum Gasteiger partial charge on any atom is -0.232 e. The van der Waals surface area contributed by atoms with Crippen molar-refractivity contribution in [3.05, 3.63) is 45.8 Å². The molecule has 0 atom stereocenters. The van der Waals surface area contributed by atoms with Gasteiger partial charge in [0.25, 0.3) is 0 Å². The standard InChI is InChI=1S/C14H14BrClN2/c1-14(2,3)13-17-11(8-12(16)18-13)9-6-4-5-7-10(9)15/h4-8H,1-3H3. The van der Waals surface area contributed by atoms with E-state index in [-0.39, 0.29) is 5.41 Å². The highest BCUT2D eigenvalue weighted by Crippen LogP contribution is 2.29. The first-order chi connectivity index (χ1) is 8.38. The smallest absolute Gasteiger partial charge is 0.136 e. The van der Waals surface area contributed by atoms with Crippen LogP contribution in [0.1, 0.15) is 26.6 Å². The summed E-state index contributed by atoms with van der Waals surface area (Å²) in [6.45, 7) is 6.22. The third-order valence-electron chi connectivity index (χ3n) is 2.52. The van der Waals surface area contributed by atoms with E-state index >= 15 is 0 Å². The van der Waals surface area contributed by atoms with Crippen molar-refractivity contribution in [2.45, 2.75) is 26.2 Å². The van der Waals surface area contributed by atoms with Crippen molar-refractivity contribution >= 4 is 27.5 Å². The minimum absolute atomic E-state index is 0.124. The third-order valence-corrected chi connectivity index (χ3v) is 3.40. The van der Waals surface area contributed by atoms with Gasteiger partial charge in [0.05, 0.1) is 5.69 Å². The van der Waals surface area contributed by atoms with Gasteiger partial charge in [-0.2, -0.15) is 0 Å². The number of hydrogen-bond acceptors (Lipinski definition) is 2. The molecular formula is C14H14BrClN2. The van der Waals surface area contributed by atoms with Gasteiger partial charge in [-0.1, -0.05) is 66.5 Å². The van der Waals surface area contributed by atoms with Crippen molar-refractivity contribution < 1.29 is 0 Å². The zero-order valence-electron chi connectivity index (χ0n) is 10.5. The average molecular weight is 326 g/mol. The van der Waals surface area contributed by atoms with Gasteiger partial charge in [0, 0.05) is 21.5 Å². The van der Waals surface area contributed by atoms with Crippen molar-refractivity contribution in [2.24, 2.45) is 0 Å². The Morgan fingerprint density at radius 2 is 1.78 bits per heavy atom. The Morgan fingerprint density at radius 1 is 1.11 bits per heavy atom. The molecule has 0 aliphatic carbocycles. The topological polar surface area (TPSA) is 25.8 Å². The van der Waals surface area contributed by atoms with Crippen molar-refractivity contribution in [2.75, 3.05) is 0 Å². The Morgan fingerprint density at radius 3 is 2.39 bits per heavy atom. The van der Waals surface area contributed by atoms with Gasteiger partial charge in [-0.05, 0) is 6.07 Å². The summed E-state index contributed by atoms with van der Waals surface area (Å²) < 4.78 is 1.000. The molecule has 0 fully saturated rings. The highest BCUT2D eigenvalue weighted by molar-refractivity contribution is 9.10. The second-order valence-corrected chi connectivity index (χ2v) is 6.37. The Balaban J connectivity index is 2.60. The van der Waals surface area contributed by atoms with E-state index < -0.39 is 0 Å². The Labute approximate surface area is 121 Å². The quantitative estimate of drug-likeness (QED) is 0.700. The van der Waals surface area contributed by atoms with E-state index in [1.807, 2.05) is 24.3 Å². The van der Waals surface area contributed by atoms with E-state index in [1.165, 1.54) is 0 Å². The molecule has 0 aliphatic rings. The maximum atomic E-state index is 6.09. The third kappa shape index (κ3) is 2.90. The molecule has 0 saturated heterocycles. The van der Waals surface area contributed by atoms with Gasteiger partial charge in [-0.25, -0.2) is 9.97 Å². The molecule has 94 valence electrons. The lowest BCUT2D eigenvalue weighted by Crippen LogP contribution is -2.16. The molecule has 2 nitrogen and oxygen atoms in total. The zero-order valence-corrected chi connectivity index (χ0v) is 12.9. The van der Waals surface area contributed by atoms with E-state index in [0.717, 1.165) is 21.6 Å². The molecule has 1 aromatic heterocycles. The molecule has 2 rings (SSSR count). The lowest BCUT2D eigenvalue weighted by molar-refractivity contribution is 0.546. The summed E-state index contributed by atoms with van der Waals surface area (Å²) in [7, 11) is 0. The molecule has 1 aromatic carbocycles. The largest absolute Gasteiger partial charge is 0.232 e. The number of benzene rings is 1. The van der Waals surface area contributed by atoms with Crippen LogP contribution in [-0.2, 0) is 5.41 Å². The second kappa shape index (κ2) is 4.98. The first-order valence-electron chi connectivity index (χ1n) is 5.68. The van der Waals surface area contributed by atoms with Gasteiger partial charge in [0.2, 0.25) is 0 Å². The van der Waals surface area contributed by atoms with Crippen LogP contribution in [-0.4, -0.2) is 9.97 Å². The molecular weight excluding hydrogens is 312 g/mol. The van der Waals surface area contributed by atoms with Gasteiger partial charge in [0.15, 0.2) is 0 Å². The molecule has 0 unspecified atom stereocenters. The van der Waals surface area contributed by atoms with Crippen LogP contribution in [0.15, 0.2) is 34.8 Å². The first kappa shape index (κ1) is 13.5. The highest BCUT2D eigenvalue weighted by atomic mass is 79.9. The predicted molar refractivity (Wildman–Crippen MR) is 78.9 cm³/mol. The van der Waals surface area contributed by atoms with E-state index in [9.17, 15) is 0 Å². The van der Waals surface area contributed by atoms with E-state index in [4.69, 9.17) is 11.6 Å². The summed E-state index contributed by atoms with van der Waals surface area (Å²) in [6.07, 6.45) is 0. The fourth-order valence-electron chi connectivity index (χ4n) is 1.56. The van der Waals surface area contributed by atoms with Crippen LogP contribution in [0.5, 0.6) is 0 Å². The predicted octanol–water partition coefficient (Wildman–Crippen LogP) is 4.86. The number of aromatic nitrogens is 2. The van der Waals surface area contributed by atoms with Crippen LogP contribution < -0.4 is 0 Å². The van der Waals surface area contributed by atoms with Crippen molar-refractivity contribution in [1.29, 1.82) is 0 Å². The number of halogens is 2. The summed E-state index contributed by atoms with van der Waals surface area (Å²) >= 11 is 9.62. The van der Waals surface area contributed by atoms with Crippen LogP contribution in [0.25, 0.3) is 11.3 Å². The van der Waals surface area contributed by atoms with Gasteiger partial charge in [-0.3, -0.25) is 0 Å². The number of hydrogen-bond donors (Lipinski definition) is 0. The van der Waals surface area contributed by atoms with Crippen LogP contribution >= 0.6 is 27.5 Å². The molecule has 2 aromatic rings. The SMILES string of the molecule is CC(C)(C)c1nc(Cl)cc(-c2ccccc2Br)n1. The summed E-state index contributed by atoms with van der Waals surface area (Å²) in [5.41, 5.74) is 1.74. The van der Waals surface area contributed by atoms with Gasteiger partial charge in [-0.15, -0.1) is 0 Å². The van der Waals surface area contributed by atoms with Crippen molar-refractivity contribution in [3.8, 4) is 11.3 Å². The number of rotatable bonds is 1. The van der Waals surface area contributed by atoms with Gasteiger partial charge < -0.3 is 0 Å². The number of nitrogens with zero attached hydrogens (tertiary/aromatic N) is 2. The zero-order chi connectivity index (χ0) is 13.3. The van der Waals surface area contributed by atoms with Gasteiger partial charge >= 0.3 is 0 Å². The fraction of sp³-hybridized carbons (Fsp3) is 0.286. The summed E-state index contributed by atoms with van der Waals surface area (Å²) in [5, 5.41) is 0.473. The van der Waals surface area contributed by atoms with Crippen LogP contribution in [0.4, 0.5) is 0 Å². The van der Waals surface area contributed by atoms with Gasteiger partial charge in [0.1, 0.15) is 11.0 Å². The molecule has 18 heavy (non-hydrogen) atoms. The lowest BCUT2D eigenvalue weighted by atomic mass is 9.95. The monoisotopic (exact) mass is 324 g/mol. The first-order valence-corrected chi connectivity index (χ1v) is 6.85. The average Bonchev–Trinajstić information content (AvgIpc) is 2.27. The van der Waals surface area contributed by atoms with E-state index in [1.54, 1.807) is 6.07 Å². The molecule has 0 bridgehead atoms. The van der Waals surface area contributed by atoms with Crippen molar-refractivity contribution in [1.82, 2.24) is 9.97 Å². The Bertz CT molecular complexity index is 576. The fourth-order valence-corrected chi connectivity index (χ4v) is 2.23.